The molecule has 43 heavy (non-hydrogen) atoms. The number of hydrogen-bond donors (Lipinski definition) is 1. The summed E-state index contributed by atoms with van der Waals surface area (Å²) in [5.41, 5.74) is 9.41. The largest absolute Gasteiger partial charge is 0.456 e. The fourth-order valence-corrected chi connectivity index (χ4v) is 5.71. The highest BCUT2D eigenvalue weighted by atomic mass is 16.3. The summed E-state index contributed by atoms with van der Waals surface area (Å²) in [6, 6.07) is 52.3. The zero-order chi connectivity index (χ0) is 28.6. The maximum Gasteiger partial charge on any atom is 0.159 e. The first-order valence-electron chi connectivity index (χ1n) is 14.4. The van der Waals surface area contributed by atoms with E-state index >= 15 is 0 Å². The number of nitrogens with zero attached hydrogens (tertiary/aromatic N) is 2. The minimum absolute atomic E-state index is 0.244. The van der Waals surface area contributed by atoms with Gasteiger partial charge < -0.3 is 9.73 Å². The summed E-state index contributed by atoms with van der Waals surface area (Å²) in [6.45, 7) is 0. The molecule has 1 aromatic heterocycles. The predicted octanol–water partition coefficient (Wildman–Crippen LogP) is 9.42. The van der Waals surface area contributed by atoms with Crippen molar-refractivity contribution in [3.05, 3.63) is 168 Å². The van der Waals surface area contributed by atoms with Gasteiger partial charge in [0.25, 0.3) is 0 Å². The van der Waals surface area contributed by atoms with Crippen molar-refractivity contribution in [2.45, 2.75) is 6.17 Å². The van der Waals surface area contributed by atoms with Crippen LogP contribution < -0.4 is 5.32 Å². The van der Waals surface area contributed by atoms with E-state index in [-0.39, 0.29) is 6.17 Å². The Morgan fingerprint density at radius 2 is 0.953 bits per heavy atom. The lowest BCUT2D eigenvalue weighted by molar-refractivity contribution is 0.666. The number of furan rings is 1. The van der Waals surface area contributed by atoms with E-state index in [1.807, 2.05) is 54.6 Å². The number of amidine groups is 2. The van der Waals surface area contributed by atoms with E-state index in [2.05, 4.69) is 102 Å². The van der Waals surface area contributed by atoms with Gasteiger partial charge in [-0.2, -0.15) is 0 Å². The van der Waals surface area contributed by atoms with E-state index in [0.29, 0.717) is 5.84 Å². The first-order valence-corrected chi connectivity index (χ1v) is 14.4. The van der Waals surface area contributed by atoms with Crippen LogP contribution in [0.1, 0.15) is 22.9 Å². The summed E-state index contributed by atoms with van der Waals surface area (Å²) in [5.74, 6) is 1.47. The molecule has 0 fully saturated rings. The number of fused-ring (bicyclic) bond motifs is 3. The van der Waals surface area contributed by atoms with Crippen LogP contribution in [0.5, 0.6) is 0 Å². The molecule has 1 N–H and O–H groups in total. The van der Waals surface area contributed by atoms with E-state index < -0.39 is 0 Å². The highest BCUT2D eigenvalue weighted by Crippen LogP contribution is 2.34. The summed E-state index contributed by atoms with van der Waals surface area (Å²) < 4.78 is 6.45. The Bertz CT molecular complexity index is 2130. The third-order valence-corrected chi connectivity index (χ3v) is 7.96. The van der Waals surface area contributed by atoms with E-state index in [1.165, 1.54) is 11.1 Å². The van der Waals surface area contributed by atoms with Gasteiger partial charge in [0.2, 0.25) is 0 Å². The predicted molar refractivity (Wildman–Crippen MR) is 176 cm³/mol. The van der Waals surface area contributed by atoms with Crippen LogP contribution in [-0.4, -0.2) is 11.7 Å². The second kappa shape index (κ2) is 10.6. The molecule has 204 valence electrons. The highest BCUT2D eigenvalue weighted by molar-refractivity contribution is 6.15. The van der Waals surface area contributed by atoms with Gasteiger partial charge in [0.05, 0.1) is 0 Å². The van der Waals surface area contributed by atoms with Crippen LogP contribution >= 0.6 is 0 Å². The zero-order valence-corrected chi connectivity index (χ0v) is 23.3. The molecular formula is C39H27N3O. The van der Waals surface area contributed by atoms with Crippen molar-refractivity contribution in [1.29, 1.82) is 0 Å². The Kier molecular flexibility index (Phi) is 6.16. The molecule has 4 nitrogen and oxygen atoms in total. The molecule has 6 aromatic carbocycles. The van der Waals surface area contributed by atoms with Gasteiger partial charge in [-0.15, -0.1) is 0 Å². The van der Waals surface area contributed by atoms with Crippen LogP contribution in [0.3, 0.4) is 0 Å². The third-order valence-electron chi connectivity index (χ3n) is 7.96. The molecule has 0 aliphatic carbocycles. The molecule has 2 heterocycles. The van der Waals surface area contributed by atoms with Crippen LogP contribution in [0.2, 0.25) is 0 Å². The van der Waals surface area contributed by atoms with Gasteiger partial charge in [-0.1, -0.05) is 127 Å². The van der Waals surface area contributed by atoms with Crippen molar-refractivity contribution in [1.82, 2.24) is 5.32 Å². The molecule has 0 saturated carbocycles. The molecule has 0 radical (unpaired) electrons. The lowest BCUT2D eigenvalue weighted by Gasteiger charge is -2.23. The van der Waals surface area contributed by atoms with Crippen molar-refractivity contribution >= 4 is 33.6 Å². The van der Waals surface area contributed by atoms with Gasteiger partial charge in [0, 0.05) is 21.9 Å². The average molecular weight is 554 g/mol. The Labute approximate surface area is 249 Å². The van der Waals surface area contributed by atoms with Gasteiger partial charge in [-0.25, -0.2) is 9.98 Å². The Balaban J connectivity index is 1.15. The van der Waals surface area contributed by atoms with Gasteiger partial charge >= 0.3 is 0 Å². The van der Waals surface area contributed by atoms with Gasteiger partial charge in [-0.3, -0.25) is 0 Å². The molecule has 1 aliphatic rings. The highest BCUT2D eigenvalue weighted by Gasteiger charge is 2.21. The van der Waals surface area contributed by atoms with Crippen molar-refractivity contribution in [3.8, 4) is 22.3 Å². The maximum atomic E-state index is 6.45. The fraction of sp³-hybridized carbons (Fsp3) is 0.0256. The minimum Gasteiger partial charge on any atom is -0.456 e. The number of rotatable bonds is 5. The molecule has 0 saturated heterocycles. The van der Waals surface area contributed by atoms with E-state index in [4.69, 9.17) is 14.4 Å². The van der Waals surface area contributed by atoms with Crippen LogP contribution in [0.4, 0.5) is 0 Å². The molecule has 4 heteroatoms. The molecular weight excluding hydrogens is 526 g/mol. The fourth-order valence-electron chi connectivity index (χ4n) is 5.71. The SMILES string of the molecule is c1ccc(C2=NC(c3ccccc3)NC(c3ccc4c(c3)oc3cc(-c5ccc(-c6ccccc6)cc5)ccc34)=N2)cc1. The lowest BCUT2D eigenvalue weighted by Crippen LogP contribution is -2.33. The van der Waals surface area contributed by atoms with Crippen molar-refractivity contribution in [3.63, 3.8) is 0 Å². The van der Waals surface area contributed by atoms with Crippen molar-refractivity contribution in [2.75, 3.05) is 0 Å². The minimum atomic E-state index is -0.244. The number of nitrogens with one attached hydrogen (secondary N) is 1. The third kappa shape index (κ3) is 4.79. The smallest absolute Gasteiger partial charge is 0.159 e. The van der Waals surface area contributed by atoms with E-state index in [0.717, 1.165) is 55.6 Å². The van der Waals surface area contributed by atoms with Gasteiger partial charge in [0.1, 0.15) is 23.2 Å². The molecule has 1 unspecified atom stereocenters. The molecule has 7 aromatic rings. The number of benzene rings is 6. The molecule has 0 bridgehead atoms. The molecule has 0 amide bonds. The van der Waals surface area contributed by atoms with Crippen molar-refractivity contribution in [2.24, 2.45) is 9.98 Å². The maximum absolute atomic E-state index is 6.45. The van der Waals surface area contributed by atoms with Crippen LogP contribution in [0.25, 0.3) is 44.2 Å². The lowest BCUT2D eigenvalue weighted by atomic mass is 9.99. The topological polar surface area (TPSA) is 49.9 Å². The number of hydrogen-bond acceptors (Lipinski definition) is 4. The van der Waals surface area contributed by atoms with E-state index in [9.17, 15) is 0 Å². The molecule has 1 aliphatic heterocycles. The Hall–Kier alpha value is -5.74. The normalized spacial score (nSPS) is 14.7. The second-order valence-electron chi connectivity index (χ2n) is 10.7. The number of aliphatic imine (C=N–C) groups is 2. The van der Waals surface area contributed by atoms with Crippen LogP contribution in [0.15, 0.2) is 166 Å². The van der Waals surface area contributed by atoms with Gasteiger partial charge in [-0.05, 0) is 52.1 Å². The van der Waals surface area contributed by atoms with Crippen LogP contribution in [-0.2, 0) is 0 Å². The zero-order valence-electron chi connectivity index (χ0n) is 23.3. The van der Waals surface area contributed by atoms with Crippen molar-refractivity contribution < 1.29 is 4.42 Å². The van der Waals surface area contributed by atoms with E-state index in [1.54, 1.807) is 0 Å². The molecule has 1 atom stereocenters. The van der Waals surface area contributed by atoms with Gasteiger partial charge in [0.15, 0.2) is 5.84 Å². The summed E-state index contributed by atoms with van der Waals surface area (Å²) in [4.78, 5) is 9.91. The standard InChI is InChI=1S/C39H27N3O/c1-4-10-26(11-5-1)27-16-18-28(19-17-27)31-20-22-33-34-23-21-32(25-36(34)43-35(33)24-31)39-41-37(29-12-6-2-7-13-29)40-38(42-39)30-14-8-3-9-15-30/h1-25,37H,(H,40,41,42). The Morgan fingerprint density at radius 3 is 1.60 bits per heavy atom. The molecule has 8 rings (SSSR count). The summed E-state index contributed by atoms with van der Waals surface area (Å²) >= 11 is 0. The average Bonchev–Trinajstić information content (AvgIpc) is 3.46. The summed E-state index contributed by atoms with van der Waals surface area (Å²) in [6.07, 6.45) is -0.244. The Morgan fingerprint density at radius 1 is 0.465 bits per heavy atom. The molecule has 0 spiro atoms. The first kappa shape index (κ1) is 25.0. The summed E-state index contributed by atoms with van der Waals surface area (Å²) in [5, 5.41) is 5.73. The summed E-state index contributed by atoms with van der Waals surface area (Å²) in [7, 11) is 0. The second-order valence-corrected chi connectivity index (χ2v) is 10.7. The van der Waals surface area contributed by atoms with Crippen LogP contribution in [0, 0.1) is 0 Å². The quantitative estimate of drug-likeness (QED) is 0.231. The first-order chi connectivity index (χ1) is 21.3. The monoisotopic (exact) mass is 553 g/mol.